The second-order valence-corrected chi connectivity index (χ2v) is 6.21. The van der Waals surface area contributed by atoms with E-state index in [1.54, 1.807) is 17.1 Å². The highest BCUT2D eigenvalue weighted by Gasteiger charge is 2.28. The highest BCUT2D eigenvalue weighted by molar-refractivity contribution is 5.78. The maximum absolute atomic E-state index is 11.5. The van der Waals surface area contributed by atoms with Crippen molar-refractivity contribution in [2.45, 2.75) is 6.42 Å². The van der Waals surface area contributed by atoms with Crippen LogP contribution in [0.5, 0.6) is 0 Å². The molecule has 1 aliphatic heterocycles. The number of aromatic nitrogens is 4. The molecule has 25 heavy (non-hydrogen) atoms. The molecule has 1 saturated heterocycles. The van der Waals surface area contributed by atoms with Gasteiger partial charge in [-0.15, -0.1) is 0 Å². The van der Waals surface area contributed by atoms with Crippen molar-refractivity contribution in [2.75, 3.05) is 18.0 Å². The van der Waals surface area contributed by atoms with E-state index in [4.69, 9.17) is 5.73 Å². The van der Waals surface area contributed by atoms with Gasteiger partial charge in [-0.2, -0.15) is 5.10 Å². The number of nitrogens with zero attached hydrogens (tertiary/aromatic N) is 5. The Morgan fingerprint density at radius 3 is 2.92 bits per heavy atom. The maximum atomic E-state index is 11.5. The molecule has 126 valence electrons. The van der Waals surface area contributed by atoms with Crippen molar-refractivity contribution in [3.63, 3.8) is 0 Å². The Kier molecular flexibility index (Phi) is 3.65. The molecule has 1 amide bonds. The molecule has 1 aliphatic rings. The Labute approximate surface area is 145 Å². The fourth-order valence-corrected chi connectivity index (χ4v) is 3.18. The first-order valence-electron chi connectivity index (χ1n) is 8.13. The lowest BCUT2D eigenvalue weighted by Gasteiger charge is -2.20. The number of aryl methyl sites for hydroxylation is 1. The number of fused-ring (bicyclic) bond motifs is 1. The van der Waals surface area contributed by atoms with Crippen molar-refractivity contribution in [1.29, 1.82) is 0 Å². The van der Waals surface area contributed by atoms with Crippen molar-refractivity contribution >= 4 is 17.4 Å². The van der Waals surface area contributed by atoms with E-state index in [9.17, 15) is 4.79 Å². The number of carbonyl (C=O) groups excluding carboxylic acids is 1. The van der Waals surface area contributed by atoms with Gasteiger partial charge in [0.2, 0.25) is 5.91 Å². The molecule has 2 N–H and O–H groups in total. The molecule has 7 nitrogen and oxygen atoms in total. The van der Waals surface area contributed by atoms with Crippen LogP contribution in [0.4, 0.5) is 5.82 Å². The van der Waals surface area contributed by atoms with E-state index >= 15 is 0 Å². The number of imidazole rings is 1. The molecule has 4 rings (SSSR count). The number of carbonyl (C=O) groups is 1. The van der Waals surface area contributed by atoms with Gasteiger partial charge in [0.25, 0.3) is 0 Å². The van der Waals surface area contributed by atoms with E-state index in [1.165, 1.54) is 0 Å². The molecule has 0 saturated carbocycles. The maximum Gasteiger partial charge on any atom is 0.222 e. The van der Waals surface area contributed by atoms with Gasteiger partial charge < -0.3 is 10.6 Å². The van der Waals surface area contributed by atoms with E-state index in [0.717, 1.165) is 35.7 Å². The zero-order chi connectivity index (χ0) is 17.4. The van der Waals surface area contributed by atoms with Crippen LogP contribution in [0, 0.1) is 17.8 Å². The van der Waals surface area contributed by atoms with Gasteiger partial charge in [-0.25, -0.2) is 4.98 Å². The van der Waals surface area contributed by atoms with Crippen LogP contribution in [0.2, 0.25) is 0 Å². The van der Waals surface area contributed by atoms with Gasteiger partial charge in [0.1, 0.15) is 17.2 Å². The Morgan fingerprint density at radius 1 is 1.32 bits per heavy atom. The second-order valence-electron chi connectivity index (χ2n) is 6.21. The van der Waals surface area contributed by atoms with Crippen LogP contribution in [0.1, 0.15) is 17.7 Å². The third kappa shape index (κ3) is 2.83. The first-order valence-corrected chi connectivity index (χ1v) is 8.13. The van der Waals surface area contributed by atoms with E-state index in [1.807, 2.05) is 35.8 Å². The lowest BCUT2D eigenvalue weighted by Crippen LogP contribution is -2.28. The minimum atomic E-state index is -0.239. The van der Waals surface area contributed by atoms with Gasteiger partial charge in [0.05, 0.1) is 23.9 Å². The van der Waals surface area contributed by atoms with Gasteiger partial charge >= 0.3 is 0 Å². The highest BCUT2D eigenvalue weighted by Crippen LogP contribution is 2.25. The summed E-state index contributed by atoms with van der Waals surface area (Å²) in [6, 6.07) is 5.93. The molecule has 1 atom stereocenters. The topological polar surface area (TPSA) is 81.5 Å². The molecule has 0 radical (unpaired) electrons. The molecule has 0 spiro atoms. The van der Waals surface area contributed by atoms with Crippen LogP contribution in [0.25, 0.3) is 5.65 Å². The molecule has 1 fully saturated rings. The lowest BCUT2D eigenvalue weighted by atomic mass is 10.1. The molecule has 0 aromatic carbocycles. The summed E-state index contributed by atoms with van der Waals surface area (Å²) in [5.74, 6) is 6.93. The Hall–Kier alpha value is -3.27. The third-order valence-electron chi connectivity index (χ3n) is 4.46. The van der Waals surface area contributed by atoms with Crippen molar-refractivity contribution in [3.05, 3.63) is 48.0 Å². The summed E-state index contributed by atoms with van der Waals surface area (Å²) in [5, 5.41) is 4.12. The molecule has 0 bridgehead atoms. The molecular weight excluding hydrogens is 316 g/mol. The molecule has 0 aliphatic carbocycles. The van der Waals surface area contributed by atoms with Crippen LogP contribution >= 0.6 is 0 Å². The van der Waals surface area contributed by atoms with E-state index in [-0.39, 0.29) is 11.8 Å². The minimum absolute atomic E-state index is 0.108. The number of rotatable bonds is 2. The number of primary amides is 1. The Morgan fingerprint density at radius 2 is 2.20 bits per heavy atom. The minimum Gasteiger partial charge on any atom is -0.369 e. The number of anilines is 1. The number of nitrogens with two attached hydrogens (primary N) is 1. The molecule has 3 aromatic rings. The zero-order valence-corrected chi connectivity index (χ0v) is 13.9. The molecule has 1 unspecified atom stereocenters. The Balaban J connectivity index is 1.73. The summed E-state index contributed by atoms with van der Waals surface area (Å²) < 4.78 is 3.74. The summed E-state index contributed by atoms with van der Waals surface area (Å²) >= 11 is 0. The van der Waals surface area contributed by atoms with Gasteiger partial charge in [-0.3, -0.25) is 13.9 Å². The fraction of sp³-hybridized carbons (Fsp3) is 0.278. The average Bonchev–Trinajstić information content (AvgIpc) is 3.32. The summed E-state index contributed by atoms with van der Waals surface area (Å²) in [5.41, 5.74) is 7.94. The zero-order valence-electron chi connectivity index (χ0n) is 13.9. The number of hydrogen-bond donors (Lipinski definition) is 1. The van der Waals surface area contributed by atoms with Crippen LogP contribution in [0.15, 0.2) is 36.8 Å². The smallest absolute Gasteiger partial charge is 0.222 e. The molecular formula is C18H18N6O. The van der Waals surface area contributed by atoms with Crippen molar-refractivity contribution in [3.8, 4) is 11.8 Å². The van der Waals surface area contributed by atoms with Gasteiger partial charge in [-0.1, -0.05) is 12.0 Å². The summed E-state index contributed by atoms with van der Waals surface area (Å²) in [7, 11) is 1.86. The number of pyridine rings is 1. The first-order chi connectivity index (χ1) is 12.1. The van der Waals surface area contributed by atoms with Crippen molar-refractivity contribution in [1.82, 2.24) is 19.2 Å². The normalized spacial score (nSPS) is 16.8. The largest absolute Gasteiger partial charge is 0.369 e. The van der Waals surface area contributed by atoms with Crippen LogP contribution < -0.4 is 10.6 Å². The molecule has 3 aromatic heterocycles. The van der Waals surface area contributed by atoms with Crippen LogP contribution in [-0.2, 0) is 11.8 Å². The highest BCUT2D eigenvalue weighted by atomic mass is 16.1. The predicted octanol–water partition coefficient (Wildman–Crippen LogP) is 0.779. The predicted molar refractivity (Wildman–Crippen MR) is 93.9 cm³/mol. The number of amides is 1. The standard InChI is InChI=1S/C18H18N6O/c1-22-11-13(9-21-22)5-6-15-10-20-16-3-2-4-17(24(15)16)23-8-7-14(12-23)18(19)25/h2-4,9-11,14H,7-8,12H2,1H3,(H2,19,25). The van der Waals surface area contributed by atoms with Crippen molar-refractivity contribution < 1.29 is 4.79 Å². The Bertz CT molecular complexity index is 1010. The summed E-state index contributed by atoms with van der Waals surface area (Å²) in [6.07, 6.45) is 6.14. The van der Waals surface area contributed by atoms with E-state index < -0.39 is 0 Å². The van der Waals surface area contributed by atoms with E-state index in [2.05, 4.69) is 26.8 Å². The molecule has 4 heterocycles. The summed E-state index contributed by atoms with van der Waals surface area (Å²) in [6.45, 7) is 1.42. The summed E-state index contributed by atoms with van der Waals surface area (Å²) in [4.78, 5) is 18.1. The van der Waals surface area contributed by atoms with Gasteiger partial charge in [0, 0.05) is 26.3 Å². The fourth-order valence-electron chi connectivity index (χ4n) is 3.18. The number of hydrogen-bond acceptors (Lipinski definition) is 4. The first kappa shape index (κ1) is 15.3. The SMILES string of the molecule is Cn1cc(C#Cc2cnc3cccc(N4CCC(C(N)=O)C4)n23)cn1. The van der Waals surface area contributed by atoms with Gasteiger partial charge in [-0.05, 0) is 24.5 Å². The lowest BCUT2D eigenvalue weighted by molar-refractivity contribution is -0.121. The monoisotopic (exact) mass is 334 g/mol. The van der Waals surface area contributed by atoms with Crippen LogP contribution in [-0.4, -0.2) is 38.2 Å². The van der Waals surface area contributed by atoms with Crippen molar-refractivity contribution in [2.24, 2.45) is 18.7 Å². The third-order valence-corrected chi connectivity index (χ3v) is 4.46. The quantitative estimate of drug-likeness (QED) is 0.702. The second kappa shape index (κ2) is 5.98. The molecule has 7 heteroatoms. The van der Waals surface area contributed by atoms with Crippen LogP contribution in [0.3, 0.4) is 0 Å². The van der Waals surface area contributed by atoms with E-state index in [0.29, 0.717) is 6.54 Å². The average molecular weight is 334 g/mol. The van der Waals surface area contributed by atoms with Gasteiger partial charge in [0.15, 0.2) is 0 Å².